The molecule has 3 aromatic rings. The minimum absolute atomic E-state index is 0.105. The molecule has 0 spiro atoms. The molecule has 0 aliphatic carbocycles. The van der Waals surface area contributed by atoms with Gasteiger partial charge in [0.25, 0.3) is 0 Å². The number of phenols is 1. The normalized spacial score (nSPS) is 11.3. The average Bonchev–Trinajstić information content (AvgIpc) is 2.56. The molecule has 0 aliphatic heterocycles. The van der Waals surface area contributed by atoms with Crippen molar-refractivity contribution in [3.05, 3.63) is 82.9 Å². The molecular weight excluding hydrogens is 456 g/mol. The van der Waals surface area contributed by atoms with E-state index in [9.17, 15) is 22.7 Å². The summed E-state index contributed by atoms with van der Waals surface area (Å²) in [5, 5.41) is 9.99. The van der Waals surface area contributed by atoms with E-state index in [2.05, 4.69) is 0 Å². The van der Waals surface area contributed by atoms with Crippen molar-refractivity contribution < 1.29 is 35.6 Å². The summed E-state index contributed by atoms with van der Waals surface area (Å²) in [5.74, 6) is -3.00. The van der Waals surface area contributed by atoms with E-state index >= 15 is 0 Å². The van der Waals surface area contributed by atoms with Crippen LogP contribution < -0.4 is 0 Å². The second kappa shape index (κ2) is 9.71. The summed E-state index contributed by atoms with van der Waals surface area (Å²) in [6.45, 7) is 3.37. The summed E-state index contributed by atoms with van der Waals surface area (Å²) in [7, 11) is -5.07. The SMILES string of the molecule is CS(=O)(=O)[O-].Cc1cc([S+](c2cc(F)cc(F)c2)c2cc(F)cc(F)c2)cc(C)c1O. The molecule has 3 rings (SSSR count). The van der Waals surface area contributed by atoms with Gasteiger partial charge in [-0.05, 0) is 25.0 Å². The van der Waals surface area contributed by atoms with Gasteiger partial charge in [-0.2, -0.15) is 0 Å². The molecule has 0 amide bonds. The molecule has 1 N–H and O–H groups in total. The molecule has 0 bridgehead atoms. The number of aromatic hydroxyl groups is 1. The molecule has 0 aliphatic rings. The van der Waals surface area contributed by atoms with E-state index in [1.807, 2.05) is 0 Å². The molecule has 3 aromatic carbocycles. The zero-order valence-electron chi connectivity index (χ0n) is 16.6. The predicted octanol–water partition coefficient (Wildman–Crippen LogP) is 4.82. The van der Waals surface area contributed by atoms with Crippen LogP contribution in [0, 0.1) is 37.1 Å². The van der Waals surface area contributed by atoms with E-state index in [4.69, 9.17) is 13.0 Å². The van der Waals surface area contributed by atoms with Crippen LogP contribution in [-0.2, 0) is 21.0 Å². The molecule has 0 atom stereocenters. The quantitative estimate of drug-likeness (QED) is 0.335. The summed E-state index contributed by atoms with van der Waals surface area (Å²) in [6, 6.07) is 9.36. The molecule has 4 nitrogen and oxygen atoms in total. The number of halogens is 4. The van der Waals surface area contributed by atoms with Gasteiger partial charge >= 0.3 is 0 Å². The lowest BCUT2D eigenvalue weighted by Crippen LogP contribution is -2.08. The van der Waals surface area contributed by atoms with Gasteiger partial charge in [-0.15, -0.1) is 0 Å². The van der Waals surface area contributed by atoms with Crippen LogP contribution in [0.3, 0.4) is 0 Å². The highest BCUT2D eigenvalue weighted by molar-refractivity contribution is 7.97. The molecule has 31 heavy (non-hydrogen) atoms. The van der Waals surface area contributed by atoms with Crippen molar-refractivity contribution in [2.45, 2.75) is 28.5 Å². The van der Waals surface area contributed by atoms with Crippen molar-refractivity contribution >= 4 is 21.0 Å². The maximum atomic E-state index is 13.8. The molecule has 0 unspecified atom stereocenters. The lowest BCUT2D eigenvalue weighted by Gasteiger charge is -2.11. The Bertz CT molecular complexity index is 1090. The molecule has 0 fully saturated rings. The fourth-order valence-electron chi connectivity index (χ4n) is 2.74. The first-order valence-corrected chi connectivity index (χ1v) is 11.7. The number of hydrogen-bond acceptors (Lipinski definition) is 4. The Morgan fingerprint density at radius 2 is 0.968 bits per heavy atom. The van der Waals surface area contributed by atoms with Crippen LogP contribution in [0.5, 0.6) is 5.75 Å². The number of phenolic OH excluding ortho intramolecular Hbond substituents is 1. The molecule has 0 radical (unpaired) electrons. The van der Waals surface area contributed by atoms with Crippen LogP contribution >= 0.6 is 0 Å². The molecule has 0 saturated heterocycles. The summed E-state index contributed by atoms with van der Waals surface area (Å²) < 4.78 is 82.3. The van der Waals surface area contributed by atoms with Crippen LogP contribution in [0.25, 0.3) is 0 Å². The lowest BCUT2D eigenvalue weighted by molar-refractivity contribution is 0.466. The number of hydrogen-bond donors (Lipinski definition) is 1. The number of rotatable bonds is 3. The Morgan fingerprint density at radius 3 is 1.26 bits per heavy atom. The van der Waals surface area contributed by atoms with Crippen molar-refractivity contribution in [2.24, 2.45) is 0 Å². The smallest absolute Gasteiger partial charge is 0.172 e. The van der Waals surface area contributed by atoms with Gasteiger partial charge in [0.05, 0.1) is 21.0 Å². The fourth-order valence-corrected chi connectivity index (χ4v) is 5.06. The molecule has 0 saturated carbocycles. The van der Waals surface area contributed by atoms with E-state index in [0.29, 0.717) is 22.3 Å². The van der Waals surface area contributed by atoms with E-state index < -0.39 is 44.3 Å². The van der Waals surface area contributed by atoms with E-state index in [1.54, 1.807) is 26.0 Å². The standard InChI is InChI=1S/C20H14F4OS.CH4O3S/c1-11-3-17(4-12(2)20(11)25)26(18-7-13(21)5-14(22)8-18)19-9-15(23)6-16(24)10-19;1-5(2,3)4/h3-10H,1-2H3;1H3,(H,2,3,4). The zero-order valence-corrected chi connectivity index (χ0v) is 18.3. The van der Waals surface area contributed by atoms with Gasteiger partial charge in [-0.1, -0.05) is 0 Å². The summed E-state index contributed by atoms with van der Waals surface area (Å²) in [4.78, 5) is 1.08. The lowest BCUT2D eigenvalue weighted by atomic mass is 10.1. The van der Waals surface area contributed by atoms with Crippen molar-refractivity contribution in [2.75, 3.05) is 6.26 Å². The largest absolute Gasteiger partial charge is 0.748 e. The summed E-state index contributed by atoms with van der Waals surface area (Å²) in [6.07, 6.45) is 0.604. The van der Waals surface area contributed by atoms with Crippen LogP contribution in [0.15, 0.2) is 63.2 Å². The van der Waals surface area contributed by atoms with Gasteiger partial charge in [0, 0.05) is 54.8 Å². The van der Waals surface area contributed by atoms with Gasteiger partial charge in [-0.3, -0.25) is 0 Å². The van der Waals surface area contributed by atoms with E-state index in [0.717, 1.165) is 36.4 Å². The van der Waals surface area contributed by atoms with Gasteiger partial charge in [0.2, 0.25) is 0 Å². The Morgan fingerprint density at radius 1 is 0.710 bits per heavy atom. The summed E-state index contributed by atoms with van der Waals surface area (Å²) >= 11 is 0. The monoisotopic (exact) mass is 474 g/mol. The third-order valence-corrected chi connectivity index (χ3v) is 5.97. The molecular formula is C21H18F4O4S2. The topological polar surface area (TPSA) is 77.4 Å². The van der Waals surface area contributed by atoms with Crippen LogP contribution in [0.2, 0.25) is 0 Å². The predicted molar refractivity (Wildman–Crippen MR) is 108 cm³/mol. The van der Waals surface area contributed by atoms with Crippen LogP contribution in [0.1, 0.15) is 11.1 Å². The Hall–Kier alpha value is -2.56. The van der Waals surface area contributed by atoms with E-state index in [1.165, 1.54) is 0 Å². The van der Waals surface area contributed by atoms with Gasteiger partial charge < -0.3 is 9.66 Å². The van der Waals surface area contributed by atoms with Crippen molar-refractivity contribution in [3.8, 4) is 5.75 Å². The third-order valence-electron chi connectivity index (χ3n) is 3.84. The molecule has 10 heteroatoms. The molecule has 0 heterocycles. The number of aryl methyl sites for hydroxylation is 2. The first-order chi connectivity index (χ1) is 14.2. The Labute approximate surface area is 180 Å². The molecule has 166 valence electrons. The second-order valence-corrected chi connectivity index (χ2v) is 10.1. The van der Waals surface area contributed by atoms with Gasteiger partial charge in [0.1, 0.15) is 29.0 Å². The highest BCUT2D eigenvalue weighted by Gasteiger charge is 2.32. The van der Waals surface area contributed by atoms with Crippen molar-refractivity contribution in [1.29, 1.82) is 0 Å². The van der Waals surface area contributed by atoms with E-state index in [-0.39, 0.29) is 15.5 Å². The number of benzene rings is 3. The third kappa shape index (κ3) is 7.27. The van der Waals surface area contributed by atoms with Gasteiger partial charge in [-0.25, -0.2) is 26.0 Å². The highest BCUT2D eigenvalue weighted by atomic mass is 32.2. The minimum atomic E-state index is -3.92. The maximum absolute atomic E-state index is 13.8. The van der Waals surface area contributed by atoms with Gasteiger partial charge in [0.15, 0.2) is 14.7 Å². The fraction of sp³-hybridized carbons (Fsp3) is 0.143. The first kappa shape index (κ1) is 24.7. The summed E-state index contributed by atoms with van der Waals surface area (Å²) in [5.41, 5.74) is 1.12. The average molecular weight is 474 g/mol. The zero-order chi connectivity index (χ0) is 23.5. The van der Waals surface area contributed by atoms with Crippen LogP contribution in [0.4, 0.5) is 17.6 Å². The highest BCUT2D eigenvalue weighted by Crippen LogP contribution is 2.36. The van der Waals surface area contributed by atoms with Crippen molar-refractivity contribution in [1.82, 2.24) is 0 Å². The van der Waals surface area contributed by atoms with Crippen molar-refractivity contribution in [3.63, 3.8) is 0 Å². The first-order valence-electron chi connectivity index (χ1n) is 8.62. The second-order valence-electron chi connectivity index (χ2n) is 6.63. The Balaban J connectivity index is 0.000000614. The Kier molecular flexibility index (Phi) is 7.74. The maximum Gasteiger partial charge on any atom is 0.172 e. The van der Waals surface area contributed by atoms with Crippen LogP contribution in [-0.4, -0.2) is 24.3 Å². The molecule has 0 aromatic heterocycles. The minimum Gasteiger partial charge on any atom is -0.748 e.